The maximum atomic E-state index is 12.1. The smallest absolute Gasteiger partial charge is 0.307 e. The van der Waals surface area contributed by atoms with Gasteiger partial charge in [-0.25, -0.2) is 0 Å². The fourth-order valence-electron chi connectivity index (χ4n) is 2.52. The number of carboxylic acids is 1. The van der Waals surface area contributed by atoms with Gasteiger partial charge in [0.05, 0.1) is 22.4 Å². The standard InChI is InChI=1S/C13H13BrN2O5/c1-13(2)9(10(13)12(18)19)11(17)15-8-4-3-6(16(20)21)5-7(8)14/h3-5,9-10H,1-2H3,(H,15,17)(H,18,19). The molecule has 8 heteroatoms. The van der Waals surface area contributed by atoms with Crippen LogP contribution in [0.25, 0.3) is 0 Å². The van der Waals surface area contributed by atoms with E-state index in [1.165, 1.54) is 18.2 Å². The van der Waals surface area contributed by atoms with Gasteiger partial charge in [0.2, 0.25) is 5.91 Å². The quantitative estimate of drug-likeness (QED) is 0.636. The number of benzene rings is 1. The molecule has 1 amide bonds. The summed E-state index contributed by atoms with van der Waals surface area (Å²) in [6, 6.07) is 3.96. The van der Waals surface area contributed by atoms with Crippen molar-refractivity contribution in [2.75, 3.05) is 5.32 Å². The third kappa shape index (κ3) is 2.76. The molecule has 0 heterocycles. The number of aliphatic carboxylic acids is 1. The maximum Gasteiger partial charge on any atom is 0.307 e. The van der Waals surface area contributed by atoms with Crippen molar-refractivity contribution in [2.45, 2.75) is 13.8 Å². The highest BCUT2D eigenvalue weighted by atomic mass is 79.9. The van der Waals surface area contributed by atoms with Gasteiger partial charge in [-0.2, -0.15) is 0 Å². The first-order valence-electron chi connectivity index (χ1n) is 6.14. The maximum absolute atomic E-state index is 12.1. The SMILES string of the molecule is CC1(C)C(C(=O)O)C1C(=O)Nc1ccc([N+](=O)[O-])cc1Br. The van der Waals surface area contributed by atoms with Crippen molar-refractivity contribution in [3.05, 3.63) is 32.8 Å². The zero-order valence-electron chi connectivity index (χ0n) is 11.3. The normalized spacial score (nSPS) is 22.4. The number of rotatable bonds is 4. The van der Waals surface area contributed by atoms with E-state index < -0.39 is 34.1 Å². The van der Waals surface area contributed by atoms with Gasteiger partial charge in [0.25, 0.3) is 5.69 Å². The van der Waals surface area contributed by atoms with Crippen LogP contribution in [0, 0.1) is 27.4 Å². The molecular formula is C13H13BrN2O5. The number of nitrogens with one attached hydrogen (secondary N) is 1. The molecule has 2 unspecified atom stereocenters. The summed E-state index contributed by atoms with van der Waals surface area (Å²) < 4.78 is 0.371. The number of hydrogen-bond donors (Lipinski definition) is 2. The average Bonchev–Trinajstić information content (AvgIpc) is 2.95. The van der Waals surface area contributed by atoms with Crippen molar-refractivity contribution in [3.8, 4) is 0 Å². The first kappa shape index (κ1) is 15.4. The van der Waals surface area contributed by atoms with Crippen LogP contribution in [0.4, 0.5) is 11.4 Å². The molecule has 0 bridgehead atoms. The summed E-state index contributed by atoms with van der Waals surface area (Å²) in [4.78, 5) is 33.3. The topological polar surface area (TPSA) is 110 Å². The Morgan fingerprint density at radius 1 is 1.38 bits per heavy atom. The van der Waals surface area contributed by atoms with E-state index in [4.69, 9.17) is 5.11 Å². The lowest BCUT2D eigenvalue weighted by molar-refractivity contribution is -0.384. The van der Waals surface area contributed by atoms with Crippen LogP contribution in [0.2, 0.25) is 0 Å². The minimum atomic E-state index is -0.997. The first-order valence-corrected chi connectivity index (χ1v) is 6.93. The lowest BCUT2D eigenvalue weighted by Crippen LogP contribution is -2.18. The molecule has 1 saturated carbocycles. The van der Waals surface area contributed by atoms with Gasteiger partial charge in [0.15, 0.2) is 0 Å². The van der Waals surface area contributed by atoms with Gasteiger partial charge in [0, 0.05) is 16.6 Å². The van der Waals surface area contributed by atoms with Gasteiger partial charge in [-0.15, -0.1) is 0 Å². The molecule has 1 aromatic carbocycles. The zero-order chi connectivity index (χ0) is 15.9. The van der Waals surface area contributed by atoms with Gasteiger partial charge in [-0.1, -0.05) is 13.8 Å². The minimum Gasteiger partial charge on any atom is -0.481 e. The molecule has 2 rings (SSSR count). The number of carbonyl (C=O) groups is 2. The van der Waals surface area contributed by atoms with E-state index in [0.29, 0.717) is 10.2 Å². The van der Waals surface area contributed by atoms with E-state index in [1.54, 1.807) is 13.8 Å². The molecule has 2 N–H and O–H groups in total. The van der Waals surface area contributed by atoms with Crippen molar-refractivity contribution in [1.82, 2.24) is 0 Å². The van der Waals surface area contributed by atoms with E-state index in [0.717, 1.165) is 0 Å². The highest BCUT2D eigenvalue weighted by Gasteiger charge is 2.65. The molecule has 2 atom stereocenters. The molecule has 0 aliphatic heterocycles. The molecule has 1 aliphatic carbocycles. The van der Waals surface area contributed by atoms with Gasteiger partial charge in [0.1, 0.15) is 0 Å². The highest BCUT2D eigenvalue weighted by molar-refractivity contribution is 9.10. The van der Waals surface area contributed by atoms with E-state index in [1.807, 2.05) is 0 Å². The van der Waals surface area contributed by atoms with Crippen molar-refractivity contribution < 1.29 is 19.6 Å². The Labute approximate surface area is 128 Å². The number of nitro groups is 1. The molecule has 7 nitrogen and oxygen atoms in total. The summed E-state index contributed by atoms with van der Waals surface area (Å²) in [5.74, 6) is -2.73. The Balaban J connectivity index is 2.15. The molecule has 112 valence electrons. The van der Waals surface area contributed by atoms with Crippen LogP contribution in [0.1, 0.15) is 13.8 Å². The van der Waals surface area contributed by atoms with Crippen molar-refractivity contribution in [3.63, 3.8) is 0 Å². The van der Waals surface area contributed by atoms with Crippen LogP contribution in [-0.4, -0.2) is 21.9 Å². The second-order valence-electron chi connectivity index (χ2n) is 5.53. The fraction of sp³-hybridized carbons (Fsp3) is 0.385. The largest absolute Gasteiger partial charge is 0.481 e. The number of carboxylic acid groups (broad SMARTS) is 1. The summed E-state index contributed by atoms with van der Waals surface area (Å²) in [7, 11) is 0. The molecule has 1 fully saturated rings. The zero-order valence-corrected chi connectivity index (χ0v) is 12.9. The summed E-state index contributed by atoms with van der Waals surface area (Å²) in [5.41, 5.74) is -0.323. The second-order valence-corrected chi connectivity index (χ2v) is 6.38. The van der Waals surface area contributed by atoms with Crippen molar-refractivity contribution in [2.24, 2.45) is 17.3 Å². The molecule has 0 spiro atoms. The molecule has 1 aliphatic rings. The second kappa shape index (κ2) is 5.10. The van der Waals surface area contributed by atoms with Crippen LogP contribution in [-0.2, 0) is 9.59 Å². The molecule has 21 heavy (non-hydrogen) atoms. The van der Waals surface area contributed by atoms with E-state index in [-0.39, 0.29) is 5.69 Å². The minimum absolute atomic E-state index is 0.102. The molecule has 0 aromatic heterocycles. The predicted octanol–water partition coefficient (Wildman–Crippen LogP) is 2.65. The number of nitro benzene ring substituents is 1. The summed E-state index contributed by atoms with van der Waals surface area (Å²) >= 11 is 3.15. The molecule has 1 aromatic rings. The Morgan fingerprint density at radius 2 is 2.00 bits per heavy atom. The highest BCUT2D eigenvalue weighted by Crippen LogP contribution is 2.58. The summed E-state index contributed by atoms with van der Waals surface area (Å²) in [6.45, 7) is 3.45. The lowest BCUT2D eigenvalue weighted by atomic mass is 10.1. The third-order valence-corrected chi connectivity index (χ3v) is 4.45. The van der Waals surface area contributed by atoms with Crippen LogP contribution in [0.3, 0.4) is 0 Å². The number of hydrogen-bond acceptors (Lipinski definition) is 4. The van der Waals surface area contributed by atoms with E-state index >= 15 is 0 Å². The average molecular weight is 357 g/mol. The van der Waals surface area contributed by atoms with Crippen LogP contribution < -0.4 is 5.32 Å². The number of carbonyl (C=O) groups excluding carboxylic acids is 1. The third-order valence-electron chi connectivity index (χ3n) is 3.80. The Kier molecular flexibility index (Phi) is 3.75. The predicted molar refractivity (Wildman–Crippen MR) is 77.8 cm³/mol. The Morgan fingerprint density at radius 3 is 2.43 bits per heavy atom. The van der Waals surface area contributed by atoms with E-state index in [9.17, 15) is 19.7 Å². The fourth-order valence-corrected chi connectivity index (χ4v) is 2.98. The van der Waals surface area contributed by atoms with Crippen LogP contribution in [0.15, 0.2) is 22.7 Å². The molecule has 0 radical (unpaired) electrons. The molecule has 0 saturated heterocycles. The molecular weight excluding hydrogens is 344 g/mol. The first-order chi connectivity index (χ1) is 9.66. The number of nitrogens with zero attached hydrogens (tertiary/aromatic N) is 1. The van der Waals surface area contributed by atoms with Gasteiger partial charge >= 0.3 is 5.97 Å². The monoisotopic (exact) mass is 356 g/mol. The Bertz CT molecular complexity index is 643. The number of anilines is 1. The van der Waals surface area contributed by atoms with Crippen LogP contribution in [0.5, 0.6) is 0 Å². The van der Waals surface area contributed by atoms with Crippen molar-refractivity contribution in [1.29, 1.82) is 0 Å². The van der Waals surface area contributed by atoms with Gasteiger partial charge in [-0.05, 0) is 27.4 Å². The number of non-ortho nitro benzene ring substituents is 1. The van der Waals surface area contributed by atoms with Crippen LogP contribution >= 0.6 is 15.9 Å². The summed E-state index contributed by atoms with van der Waals surface area (Å²) in [6.07, 6.45) is 0. The number of amides is 1. The van der Waals surface area contributed by atoms with Gasteiger partial charge in [-0.3, -0.25) is 19.7 Å². The Hall–Kier alpha value is -1.96. The number of halogens is 1. The van der Waals surface area contributed by atoms with Crippen molar-refractivity contribution >= 4 is 39.2 Å². The van der Waals surface area contributed by atoms with Gasteiger partial charge < -0.3 is 10.4 Å². The lowest BCUT2D eigenvalue weighted by Gasteiger charge is -2.08. The van der Waals surface area contributed by atoms with E-state index in [2.05, 4.69) is 21.2 Å². The summed E-state index contributed by atoms with van der Waals surface area (Å²) in [5, 5.41) is 22.3.